The van der Waals surface area contributed by atoms with Crippen LogP contribution in [-0.2, 0) is 20.7 Å². The molecule has 1 aliphatic rings. The third-order valence-corrected chi connectivity index (χ3v) is 8.42. The van der Waals surface area contributed by atoms with Crippen LogP contribution in [-0.4, -0.2) is 110 Å². The van der Waals surface area contributed by atoms with E-state index in [1.807, 2.05) is 63.2 Å². The van der Waals surface area contributed by atoms with Crippen molar-refractivity contribution in [2.24, 2.45) is 5.92 Å². The van der Waals surface area contributed by atoms with E-state index < -0.39 is 6.04 Å². The van der Waals surface area contributed by atoms with Gasteiger partial charge in [-0.15, -0.1) is 0 Å². The molecule has 0 saturated heterocycles. The molecule has 46 heavy (non-hydrogen) atoms. The van der Waals surface area contributed by atoms with Crippen molar-refractivity contribution in [3.05, 3.63) is 59.7 Å². The first-order valence-electron chi connectivity index (χ1n) is 16.5. The Hall–Kier alpha value is -3.47. The van der Waals surface area contributed by atoms with Gasteiger partial charge in [0.2, 0.25) is 11.8 Å². The number of aliphatic hydroxyl groups is 1. The summed E-state index contributed by atoms with van der Waals surface area (Å²) in [5, 5.41) is 13.1. The van der Waals surface area contributed by atoms with Crippen molar-refractivity contribution in [2.75, 3.05) is 59.3 Å². The lowest BCUT2D eigenvalue weighted by Crippen LogP contribution is -2.48. The summed E-state index contributed by atoms with van der Waals surface area (Å²) in [7, 11) is 5.73. The summed E-state index contributed by atoms with van der Waals surface area (Å²) in [4.78, 5) is 45.5. The molecule has 4 atom stereocenters. The molecule has 0 radical (unpaired) electrons. The van der Waals surface area contributed by atoms with Gasteiger partial charge in [-0.2, -0.15) is 0 Å². The van der Waals surface area contributed by atoms with Crippen LogP contribution in [0.25, 0.3) is 0 Å². The molecule has 254 valence electrons. The van der Waals surface area contributed by atoms with Gasteiger partial charge >= 0.3 is 0 Å². The first-order valence-corrected chi connectivity index (χ1v) is 16.5. The van der Waals surface area contributed by atoms with E-state index in [0.717, 1.165) is 37.8 Å². The number of anilines is 1. The van der Waals surface area contributed by atoms with E-state index >= 15 is 0 Å². The second-order valence-electron chi connectivity index (χ2n) is 12.9. The van der Waals surface area contributed by atoms with E-state index in [1.165, 1.54) is 0 Å². The van der Waals surface area contributed by atoms with Gasteiger partial charge in [-0.05, 0) is 83.9 Å². The SMILES string of the molecule is C[C@H]1CCCCO[C@H](CN(C)C(=O)Cc2ccccc2)[C@@H](C)CN([C@@H](C)CO)C(=O)c2cc(NC(=O)CCCN(C)C)ccc2O1. The van der Waals surface area contributed by atoms with Crippen LogP contribution in [0.1, 0.15) is 68.8 Å². The van der Waals surface area contributed by atoms with Crippen molar-refractivity contribution < 1.29 is 29.0 Å². The maximum absolute atomic E-state index is 14.3. The molecule has 3 amide bonds. The Bertz CT molecular complexity index is 1260. The van der Waals surface area contributed by atoms with E-state index in [4.69, 9.17) is 9.47 Å². The van der Waals surface area contributed by atoms with E-state index in [9.17, 15) is 19.5 Å². The van der Waals surface area contributed by atoms with Crippen molar-refractivity contribution in [2.45, 2.75) is 77.5 Å². The van der Waals surface area contributed by atoms with Gasteiger partial charge in [0.1, 0.15) is 5.75 Å². The summed E-state index contributed by atoms with van der Waals surface area (Å²) in [6.07, 6.45) is 3.39. The number of carbonyl (C=O) groups excluding carboxylic acids is 3. The molecule has 10 nitrogen and oxygen atoms in total. The number of carbonyl (C=O) groups is 3. The van der Waals surface area contributed by atoms with E-state index in [-0.39, 0.29) is 42.5 Å². The normalized spacial score (nSPS) is 20.3. The fraction of sp³-hybridized carbons (Fsp3) is 0.583. The van der Waals surface area contributed by atoms with Gasteiger partial charge in [0, 0.05) is 44.8 Å². The number of aliphatic hydroxyl groups excluding tert-OH is 1. The number of hydrogen-bond acceptors (Lipinski definition) is 7. The summed E-state index contributed by atoms with van der Waals surface area (Å²) < 4.78 is 12.7. The molecule has 2 N–H and O–H groups in total. The molecule has 0 fully saturated rings. The Morgan fingerprint density at radius 3 is 2.52 bits per heavy atom. The lowest BCUT2D eigenvalue weighted by atomic mass is 10.0. The predicted octanol–water partition coefficient (Wildman–Crippen LogP) is 4.46. The Kier molecular flexibility index (Phi) is 15.0. The summed E-state index contributed by atoms with van der Waals surface area (Å²) in [6, 6.07) is 14.4. The van der Waals surface area contributed by atoms with Gasteiger partial charge in [-0.25, -0.2) is 0 Å². The molecule has 1 aliphatic heterocycles. The minimum Gasteiger partial charge on any atom is -0.490 e. The molecule has 0 aliphatic carbocycles. The second kappa shape index (κ2) is 18.6. The van der Waals surface area contributed by atoms with Gasteiger partial charge in [0.15, 0.2) is 0 Å². The number of likely N-dealkylation sites (N-methyl/N-ethyl adjacent to an activating group) is 1. The summed E-state index contributed by atoms with van der Waals surface area (Å²) >= 11 is 0. The molecule has 0 unspecified atom stereocenters. The number of nitrogens with zero attached hydrogens (tertiary/aromatic N) is 3. The Balaban J connectivity index is 1.86. The minimum atomic E-state index is -0.490. The molecule has 0 bridgehead atoms. The molecule has 1 heterocycles. The summed E-state index contributed by atoms with van der Waals surface area (Å²) in [6.45, 7) is 7.57. The highest BCUT2D eigenvalue weighted by Crippen LogP contribution is 2.28. The summed E-state index contributed by atoms with van der Waals surface area (Å²) in [5.41, 5.74) is 1.80. The number of nitrogens with one attached hydrogen (secondary N) is 1. The van der Waals surface area contributed by atoms with Crippen LogP contribution in [0, 0.1) is 5.92 Å². The second-order valence-corrected chi connectivity index (χ2v) is 12.9. The van der Waals surface area contributed by atoms with Crippen LogP contribution >= 0.6 is 0 Å². The fourth-order valence-corrected chi connectivity index (χ4v) is 5.52. The minimum absolute atomic E-state index is 0.00532. The van der Waals surface area contributed by atoms with E-state index in [0.29, 0.717) is 49.5 Å². The highest BCUT2D eigenvalue weighted by atomic mass is 16.5. The van der Waals surface area contributed by atoms with Crippen LogP contribution < -0.4 is 10.1 Å². The highest BCUT2D eigenvalue weighted by molar-refractivity contribution is 5.99. The topological polar surface area (TPSA) is 112 Å². The molecule has 2 aromatic carbocycles. The van der Waals surface area contributed by atoms with Crippen molar-refractivity contribution in [1.82, 2.24) is 14.7 Å². The number of ether oxygens (including phenoxy) is 2. The first kappa shape index (κ1) is 37.0. The first-order chi connectivity index (χ1) is 22.0. The number of hydrogen-bond donors (Lipinski definition) is 2. The lowest BCUT2D eigenvalue weighted by Gasteiger charge is -2.36. The molecular formula is C36H54N4O6. The van der Waals surface area contributed by atoms with Crippen molar-refractivity contribution in [3.63, 3.8) is 0 Å². The number of rotatable bonds is 11. The zero-order valence-corrected chi connectivity index (χ0v) is 28.5. The Labute approximate surface area is 275 Å². The molecule has 3 rings (SSSR count). The van der Waals surface area contributed by atoms with Gasteiger partial charge in [0.25, 0.3) is 5.91 Å². The largest absolute Gasteiger partial charge is 0.490 e. The van der Waals surface area contributed by atoms with Crippen LogP contribution in [0.5, 0.6) is 5.75 Å². The van der Waals surface area contributed by atoms with E-state index in [1.54, 1.807) is 42.0 Å². The average molecular weight is 639 g/mol. The van der Waals surface area contributed by atoms with Crippen molar-refractivity contribution in [3.8, 4) is 5.75 Å². The monoisotopic (exact) mass is 638 g/mol. The zero-order chi connectivity index (χ0) is 33.6. The van der Waals surface area contributed by atoms with Gasteiger partial charge < -0.3 is 34.6 Å². The molecule has 2 aromatic rings. The van der Waals surface area contributed by atoms with Crippen LogP contribution in [0.4, 0.5) is 5.69 Å². The van der Waals surface area contributed by atoms with Gasteiger partial charge in [0.05, 0.1) is 36.8 Å². The average Bonchev–Trinajstić information content (AvgIpc) is 3.02. The molecule has 10 heteroatoms. The lowest BCUT2D eigenvalue weighted by molar-refractivity contribution is -0.131. The van der Waals surface area contributed by atoms with Gasteiger partial charge in [-0.1, -0.05) is 37.3 Å². The zero-order valence-electron chi connectivity index (χ0n) is 28.5. The van der Waals surface area contributed by atoms with Gasteiger partial charge in [-0.3, -0.25) is 14.4 Å². The van der Waals surface area contributed by atoms with Crippen LogP contribution in [0.15, 0.2) is 48.5 Å². The maximum atomic E-state index is 14.3. The third kappa shape index (κ3) is 11.7. The summed E-state index contributed by atoms with van der Waals surface area (Å²) in [5.74, 6) is -0.139. The number of benzene rings is 2. The van der Waals surface area contributed by atoms with E-state index in [2.05, 4.69) is 5.32 Å². The van der Waals surface area contributed by atoms with Crippen LogP contribution in [0.2, 0.25) is 0 Å². The number of amides is 3. The van der Waals surface area contributed by atoms with Crippen molar-refractivity contribution >= 4 is 23.4 Å². The highest BCUT2D eigenvalue weighted by Gasteiger charge is 2.31. The standard InChI is InChI=1S/C36H54N4O6/c1-26-23-40(27(2)25-41)36(44)31-22-30(37-34(42)16-12-19-38(4)5)17-18-32(31)46-28(3)13-10-11-20-45-33(26)24-39(6)35(43)21-29-14-8-7-9-15-29/h7-9,14-15,17-18,22,26-28,33,41H,10-13,16,19-21,23-25H2,1-6H3,(H,37,42)/t26-,27-,28-,33+/m0/s1. The fourth-order valence-electron chi connectivity index (χ4n) is 5.52. The van der Waals surface area contributed by atoms with Crippen molar-refractivity contribution in [1.29, 1.82) is 0 Å². The number of fused-ring (bicyclic) bond motifs is 1. The molecule has 0 aromatic heterocycles. The quantitative estimate of drug-likeness (QED) is 0.374. The molecule has 0 spiro atoms. The third-order valence-electron chi connectivity index (χ3n) is 8.42. The molecule has 0 saturated carbocycles. The van der Waals surface area contributed by atoms with Crippen LogP contribution in [0.3, 0.4) is 0 Å². The molecular weight excluding hydrogens is 584 g/mol. The maximum Gasteiger partial charge on any atom is 0.258 e. The predicted molar refractivity (Wildman–Crippen MR) is 181 cm³/mol. The Morgan fingerprint density at radius 2 is 1.83 bits per heavy atom. The smallest absolute Gasteiger partial charge is 0.258 e. The Morgan fingerprint density at radius 1 is 1.09 bits per heavy atom.